The Kier molecular flexibility index (Phi) is 4.36. The van der Waals surface area contributed by atoms with E-state index >= 15 is 0 Å². The van der Waals surface area contributed by atoms with Crippen molar-refractivity contribution < 1.29 is 4.79 Å². The van der Waals surface area contributed by atoms with E-state index in [2.05, 4.69) is 9.97 Å². The van der Waals surface area contributed by atoms with Gasteiger partial charge in [-0.25, -0.2) is 4.98 Å². The van der Waals surface area contributed by atoms with Crippen LogP contribution >= 0.6 is 0 Å². The van der Waals surface area contributed by atoms with Gasteiger partial charge in [-0.15, -0.1) is 0 Å². The highest BCUT2D eigenvalue weighted by atomic mass is 16.2. The Morgan fingerprint density at radius 2 is 2.17 bits per heavy atom. The molecule has 5 heteroatoms. The lowest BCUT2D eigenvalue weighted by molar-refractivity contribution is 0.0994. The number of carbonyl (C=O) groups is 1. The van der Waals surface area contributed by atoms with Gasteiger partial charge in [0.2, 0.25) is 0 Å². The monoisotopic (exact) mass is 169 g/mol. The Bertz CT molecular complexity index is 306. The first-order valence-corrected chi connectivity index (χ1v) is 3.55. The second-order valence-corrected chi connectivity index (χ2v) is 1.63. The number of aromatic nitrogens is 2. The van der Waals surface area contributed by atoms with Crippen LogP contribution in [0.3, 0.4) is 0 Å². The summed E-state index contributed by atoms with van der Waals surface area (Å²) < 4.78 is 0. The molecule has 0 spiro atoms. The third-order valence-electron chi connectivity index (χ3n) is 0.941. The molecule has 0 radical (unpaired) electrons. The van der Waals surface area contributed by atoms with Crippen molar-refractivity contribution in [1.29, 1.82) is 0 Å². The van der Waals surface area contributed by atoms with Crippen LogP contribution in [0.5, 0.6) is 0 Å². The third-order valence-corrected chi connectivity index (χ3v) is 0.941. The van der Waals surface area contributed by atoms with Gasteiger partial charge in [-0.05, 0) is 0 Å². The molecule has 0 fully saturated rings. The molecule has 3 N–H and O–H groups in total. The van der Waals surface area contributed by atoms with Crippen molar-refractivity contribution in [3.8, 4) is 0 Å². The van der Waals surface area contributed by atoms with Gasteiger partial charge in [0.25, 0.3) is 11.5 Å². The first kappa shape index (κ1) is 10.3. The van der Waals surface area contributed by atoms with Crippen LogP contribution in [-0.4, -0.2) is 15.9 Å². The van der Waals surface area contributed by atoms with E-state index in [1.165, 1.54) is 12.4 Å². The molecule has 0 aliphatic heterocycles. The lowest BCUT2D eigenvalue weighted by Gasteiger charge is -1.88. The van der Waals surface area contributed by atoms with E-state index < -0.39 is 11.5 Å². The maximum Gasteiger partial charge on any atom is 0.279 e. The largest absolute Gasteiger partial charge is 0.364 e. The van der Waals surface area contributed by atoms with E-state index in [9.17, 15) is 9.59 Å². The number of primary amides is 1. The number of hydrogen-bond donors (Lipinski definition) is 2. The number of hydrogen-bond acceptors (Lipinski definition) is 3. The van der Waals surface area contributed by atoms with E-state index in [1.54, 1.807) is 0 Å². The zero-order chi connectivity index (χ0) is 9.56. The molecule has 0 aliphatic carbocycles. The Labute approximate surface area is 69.6 Å². The van der Waals surface area contributed by atoms with Gasteiger partial charge in [-0.3, -0.25) is 9.59 Å². The molecule has 0 atom stereocenters. The molecular weight excluding hydrogens is 158 g/mol. The van der Waals surface area contributed by atoms with E-state index in [4.69, 9.17) is 5.73 Å². The third kappa shape index (κ3) is 2.53. The van der Waals surface area contributed by atoms with Gasteiger partial charge in [0, 0.05) is 12.4 Å². The molecule has 12 heavy (non-hydrogen) atoms. The topological polar surface area (TPSA) is 88.8 Å². The number of nitrogens with one attached hydrogen (secondary N) is 1. The normalized spacial score (nSPS) is 8.17. The van der Waals surface area contributed by atoms with Crippen LogP contribution in [0.15, 0.2) is 17.2 Å². The standard InChI is InChI=1S/C5H5N3O2.C2H6/c6-4(9)3-5(10)8-2-1-7-3;1-2/h1-2H,(H2,6,9)(H,8,10);1-2H3. The maximum absolute atomic E-state index is 10.6. The molecule has 0 aromatic carbocycles. The quantitative estimate of drug-likeness (QED) is 0.615. The number of aromatic amines is 1. The van der Waals surface area contributed by atoms with Crippen molar-refractivity contribution in [2.45, 2.75) is 13.8 Å². The highest BCUT2D eigenvalue weighted by molar-refractivity contribution is 5.90. The van der Waals surface area contributed by atoms with Gasteiger partial charge in [-0.2, -0.15) is 0 Å². The van der Waals surface area contributed by atoms with Crippen LogP contribution in [0.25, 0.3) is 0 Å². The Morgan fingerprint density at radius 1 is 1.58 bits per heavy atom. The first-order valence-electron chi connectivity index (χ1n) is 3.55. The first-order chi connectivity index (χ1) is 5.72. The van der Waals surface area contributed by atoms with Crippen molar-refractivity contribution in [3.63, 3.8) is 0 Å². The van der Waals surface area contributed by atoms with Crippen molar-refractivity contribution in [3.05, 3.63) is 28.4 Å². The van der Waals surface area contributed by atoms with Gasteiger partial charge in [0.1, 0.15) is 0 Å². The van der Waals surface area contributed by atoms with Crippen LogP contribution in [0.2, 0.25) is 0 Å². The van der Waals surface area contributed by atoms with Gasteiger partial charge in [-0.1, -0.05) is 13.8 Å². The fourth-order valence-corrected chi connectivity index (χ4v) is 0.527. The summed E-state index contributed by atoms with van der Waals surface area (Å²) in [6.45, 7) is 4.00. The molecule has 66 valence electrons. The number of amides is 1. The van der Waals surface area contributed by atoms with Gasteiger partial charge >= 0.3 is 0 Å². The SMILES string of the molecule is CC.NC(=O)c1ncc[nH]c1=O. The van der Waals surface area contributed by atoms with Crippen molar-refractivity contribution >= 4 is 5.91 Å². The van der Waals surface area contributed by atoms with E-state index in [0.29, 0.717) is 0 Å². The summed E-state index contributed by atoms with van der Waals surface area (Å²) in [6.07, 6.45) is 2.62. The predicted octanol–water partition coefficient (Wildman–Crippen LogP) is -0.105. The molecule has 1 rings (SSSR count). The van der Waals surface area contributed by atoms with Crippen molar-refractivity contribution in [2.75, 3.05) is 0 Å². The zero-order valence-corrected chi connectivity index (χ0v) is 7.00. The van der Waals surface area contributed by atoms with Crippen LogP contribution < -0.4 is 11.3 Å². The fourth-order valence-electron chi connectivity index (χ4n) is 0.527. The van der Waals surface area contributed by atoms with Crippen molar-refractivity contribution in [1.82, 2.24) is 9.97 Å². The molecule has 5 nitrogen and oxygen atoms in total. The molecule has 1 aromatic rings. The van der Waals surface area contributed by atoms with Gasteiger partial charge < -0.3 is 10.7 Å². The summed E-state index contributed by atoms with van der Waals surface area (Å²) in [6, 6.07) is 0. The molecule has 0 saturated heterocycles. The highest BCUT2D eigenvalue weighted by Gasteiger charge is 2.04. The molecule has 0 aliphatic rings. The number of nitrogens with zero attached hydrogens (tertiary/aromatic N) is 1. The van der Waals surface area contributed by atoms with Gasteiger partial charge in [0.15, 0.2) is 5.69 Å². The van der Waals surface area contributed by atoms with Crippen molar-refractivity contribution in [2.24, 2.45) is 5.73 Å². The Hall–Kier alpha value is -1.65. The lowest BCUT2D eigenvalue weighted by Crippen LogP contribution is -2.24. The number of rotatable bonds is 1. The summed E-state index contributed by atoms with van der Waals surface area (Å²) in [5, 5.41) is 0. The summed E-state index contributed by atoms with van der Waals surface area (Å²) >= 11 is 0. The fraction of sp³-hybridized carbons (Fsp3) is 0.286. The van der Waals surface area contributed by atoms with Crippen LogP contribution in [0.4, 0.5) is 0 Å². The summed E-state index contributed by atoms with van der Waals surface area (Å²) in [5.74, 6) is -0.818. The minimum atomic E-state index is -0.818. The van der Waals surface area contributed by atoms with Crippen LogP contribution in [0, 0.1) is 0 Å². The predicted molar refractivity (Wildman–Crippen MR) is 44.7 cm³/mol. The minimum Gasteiger partial charge on any atom is -0.364 e. The van der Waals surface area contributed by atoms with E-state index in [1.807, 2.05) is 13.8 Å². The van der Waals surface area contributed by atoms with Crippen LogP contribution in [0.1, 0.15) is 24.3 Å². The molecule has 0 unspecified atom stereocenters. The summed E-state index contributed by atoms with van der Waals surface area (Å²) in [5.41, 5.74) is 3.97. The van der Waals surface area contributed by atoms with E-state index in [0.717, 1.165) is 0 Å². The minimum absolute atomic E-state index is 0.262. The number of nitrogens with two attached hydrogens (primary N) is 1. The van der Waals surface area contributed by atoms with Gasteiger partial charge in [0.05, 0.1) is 0 Å². The Morgan fingerprint density at radius 3 is 2.50 bits per heavy atom. The average molecular weight is 169 g/mol. The average Bonchev–Trinajstić information content (AvgIpc) is 2.08. The summed E-state index contributed by atoms with van der Waals surface area (Å²) in [7, 11) is 0. The Balaban J connectivity index is 0.000000561. The molecular formula is C7H11N3O2. The molecule has 1 heterocycles. The molecule has 0 bridgehead atoms. The second kappa shape index (κ2) is 5.06. The smallest absolute Gasteiger partial charge is 0.279 e. The maximum atomic E-state index is 10.6. The number of H-pyrrole nitrogens is 1. The highest BCUT2D eigenvalue weighted by Crippen LogP contribution is 1.77. The molecule has 1 amide bonds. The zero-order valence-electron chi connectivity index (χ0n) is 7.00. The molecule has 1 aromatic heterocycles. The molecule has 0 saturated carbocycles. The van der Waals surface area contributed by atoms with E-state index in [-0.39, 0.29) is 5.69 Å². The second-order valence-electron chi connectivity index (χ2n) is 1.63. The van der Waals surface area contributed by atoms with Crippen LogP contribution in [-0.2, 0) is 0 Å². The lowest BCUT2D eigenvalue weighted by atomic mass is 10.4. The number of carbonyl (C=O) groups excluding carboxylic acids is 1. The summed E-state index contributed by atoms with van der Waals surface area (Å²) in [4.78, 5) is 26.7.